The number of hydrogen-bond donors (Lipinski definition) is 3. The number of carbonyl (C=O) groups excluding carboxylic acids is 1. The molecule has 4 rings (SSSR count). The van der Waals surface area contributed by atoms with Gasteiger partial charge in [0.2, 0.25) is 15.9 Å². The average molecular weight is 387 g/mol. The quantitative estimate of drug-likeness (QED) is 0.626. The maximum absolute atomic E-state index is 13.3. The van der Waals surface area contributed by atoms with Crippen LogP contribution in [0.5, 0.6) is 0 Å². The van der Waals surface area contributed by atoms with Gasteiger partial charge in [0.05, 0.1) is 4.90 Å². The number of nitrogens with one attached hydrogen (secondary N) is 2. The van der Waals surface area contributed by atoms with E-state index in [1.807, 2.05) is 0 Å². The summed E-state index contributed by atoms with van der Waals surface area (Å²) in [6, 6.07) is 10.7. The third-order valence-corrected chi connectivity index (χ3v) is 6.52. The van der Waals surface area contributed by atoms with E-state index in [4.69, 9.17) is 5.73 Å². The van der Waals surface area contributed by atoms with Gasteiger partial charge >= 0.3 is 0 Å². The second-order valence-corrected chi connectivity index (χ2v) is 8.52. The molecule has 0 bridgehead atoms. The minimum atomic E-state index is -3.66. The number of aromatic nitrogens is 1. The minimum absolute atomic E-state index is 0.152. The van der Waals surface area contributed by atoms with E-state index < -0.39 is 15.9 Å². The molecule has 3 aromatic rings. The second kappa shape index (κ2) is 6.47. The van der Waals surface area contributed by atoms with Crippen LogP contribution in [0.25, 0.3) is 22.0 Å². The van der Waals surface area contributed by atoms with Crippen LogP contribution in [0.2, 0.25) is 0 Å². The molecule has 6 nitrogen and oxygen atoms in total. The lowest BCUT2D eigenvalue weighted by Crippen LogP contribution is -2.48. The van der Waals surface area contributed by atoms with Crippen LogP contribution in [-0.4, -0.2) is 25.4 Å². The molecular formula is C19H18FN3O3S. The molecule has 1 amide bonds. The highest BCUT2D eigenvalue weighted by atomic mass is 32.2. The van der Waals surface area contributed by atoms with Crippen molar-refractivity contribution in [3.8, 4) is 11.1 Å². The van der Waals surface area contributed by atoms with Crippen molar-refractivity contribution >= 4 is 26.8 Å². The zero-order valence-electron chi connectivity index (χ0n) is 14.3. The number of rotatable bonds is 5. The summed E-state index contributed by atoms with van der Waals surface area (Å²) in [5, 5.41) is 0.858. The van der Waals surface area contributed by atoms with Gasteiger partial charge in [-0.3, -0.25) is 4.79 Å². The summed E-state index contributed by atoms with van der Waals surface area (Å²) in [5.74, 6) is -0.974. The molecule has 0 saturated heterocycles. The van der Waals surface area contributed by atoms with Crippen LogP contribution in [0, 0.1) is 11.7 Å². The number of amides is 1. The van der Waals surface area contributed by atoms with Crippen molar-refractivity contribution in [2.24, 2.45) is 11.7 Å². The van der Waals surface area contributed by atoms with Crippen molar-refractivity contribution < 1.29 is 17.6 Å². The Morgan fingerprint density at radius 2 is 1.85 bits per heavy atom. The molecule has 0 aliphatic heterocycles. The lowest BCUT2D eigenvalue weighted by molar-refractivity contribution is -0.124. The molecule has 27 heavy (non-hydrogen) atoms. The van der Waals surface area contributed by atoms with Crippen molar-refractivity contribution in [3.05, 3.63) is 54.5 Å². The fourth-order valence-corrected chi connectivity index (χ4v) is 4.65. The van der Waals surface area contributed by atoms with Gasteiger partial charge < -0.3 is 10.7 Å². The van der Waals surface area contributed by atoms with E-state index in [9.17, 15) is 17.6 Å². The fourth-order valence-electron chi connectivity index (χ4n) is 3.38. The second-order valence-electron chi connectivity index (χ2n) is 6.81. The first-order valence-corrected chi connectivity index (χ1v) is 10.0. The Kier molecular flexibility index (Phi) is 4.24. The van der Waals surface area contributed by atoms with Gasteiger partial charge in [-0.1, -0.05) is 12.1 Å². The van der Waals surface area contributed by atoms with Crippen molar-refractivity contribution in [2.45, 2.75) is 23.8 Å². The van der Waals surface area contributed by atoms with E-state index >= 15 is 0 Å². The van der Waals surface area contributed by atoms with Gasteiger partial charge in [-0.25, -0.2) is 17.5 Å². The van der Waals surface area contributed by atoms with Crippen molar-refractivity contribution in [1.82, 2.24) is 9.71 Å². The number of hydrogen-bond acceptors (Lipinski definition) is 3. The van der Waals surface area contributed by atoms with E-state index in [1.165, 1.54) is 24.3 Å². The zero-order valence-corrected chi connectivity index (χ0v) is 15.1. The number of primary amides is 1. The summed E-state index contributed by atoms with van der Waals surface area (Å²) in [6.45, 7) is 0. The largest absolute Gasteiger partial charge is 0.369 e. The molecule has 1 aromatic heterocycles. The molecule has 0 atom stereocenters. The van der Waals surface area contributed by atoms with Crippen molar-refractivity contribution in [1.29, 1.82) is 0 Å². The van der Waals surface area contributed by atoms with Gasteiger partial charge in [-0.15, -0.1) is 0 Å². The first-order valence-electron chi connectivity index (χ1n) is 8.52. The van der Waals surface area contributed by atoms with E-state index in [2.05, 4.69) is 9.71 Å². The predicted molar refractivity (Wildman–Crippen MR) is 99.7 cm³/mol. The van der Waals surface area contributed by atoms with Crippen LogP contribution in [0.3, 0.4) is 0 Å². The van der Waals surface area contributed by atoms with Gasteiger partial charge in [0.15, 0.2) is 0 Å². The lowest BCUT2D eigenvalue weighted by atomic mass is 9.80. The topological polar surface area (TPSA) is 105 Å². The number of H-pyrrole nitrogens is 1. The first-order chi connectivity index (χ1) is 12.8. The normalized spacial score (nSPS) is 19.7. The Morgan fingerprint density at radius 1 is 1.15 bits per heavy atom. The smallest absolute Gasteiger partial charge is 0.240 e. The lowest BCUT2D eigenvalue weighted by Gasteiger charge is -2.33. The molecule has 1 saturated carbocycles. The summed E-state index contributed by atoms with van der Waals surface area (Å²) in [6.07, 6.45) is 2.63. The van der Waals surface area contributed by atoms with Crippen LogP contribution >= 0.6 is 0 Å². The molecule has 0 radical (unpaired) electrons. The number of fused-ring (bicyclic) bond motifs is 1. The highest BCUT2D eigenvalue weighted by Gasteiger charge is 2.35. The van der Waals surface area contributed by atoms with Gasteiger partial charge in [-0.2, -0.15) is 0 Å². The molecule has 1 fully saturated rings. The highest BCUT2D eigenvalue weighted by molar-refractivity contribution is 7.89. The van der Waals surface area contributed by atoms with Gasteiger partial charge in [0.25, 0.3) is 0 Å². The van der Waals surface area contributed by atoms with Gasteiger partial charge in [0.1, 0.15) is 5.82 Å². The van der Waals surface area contributed by atoms with E-state index in [0.29, 0.717) is 18.4 Å². The number of aromatic amines is 1. The van der Waals surface area contributed by atoms with Crippen LogP contribution in [-0.2, 0) is 14.8 Å². The summed E-state index contributed by atoms with van der Waals surface area (Å²) < 4.78 is 40.9. The molecule has 8 heteroatoms. The molecular weight excluding hydrogens is 369 g/mol. The summed E-state index contributed by atoms with van der Waals surface area (Å²) in [7, 11) is -3.66. The fraction of sp³-hybridized carbons (Fsp3) is 0.211. The Bertz CT molecular complexity index is 1120. The third-order valence-electron chi connectivity index (χ3n) is 4.98. The predicted octanol–water partition coefficient (Wildman–Crippen LogP) is 2.52. The minimum Gasteiger partial charge on any atom is -0.369 e. The summed E-state index contributed by atoms with van der Waals surface area (Å²) in [4.78, 5) is 14.2. The molecule has 1 aliphatic rings. The number of halogens is 1. The third kappa shape index (κ3) is 3.33. The average Bonchev–Trinajstić information content (AvgIpc) is 3.00. The van der Waals surface area contributed by atoms with Crippen LogP contribution in [0.1, 0.15) is 12.8 Å². The Balaban J connectivity index is 1.54. The highest BCUT2D eigenvalue weighted by Crippen LogP contribution is 2.31. The molecule has 140 valence electrons. The maximum Gasteiger partial charge on any atom is 0.240 e. The summed E-state index contributed by atoms with van der Waals surface area (Å²) in [5.41, 5.74) is 7.57. The van der Waals surface area contributed by atoms with Gasteiger partial charge in [-0.05, 0) is 48.7 Å². The monoisotopic (exact) mass is 387 g/mol. The summed E-state index contributed by atoms with van der Waals surface area (Å²) >= 11 is 0. The van der Waals surface area contributed by atoms with Crippen molar-refractivity contribution in [2.75, 3.05) is 0 Å². The first kappa shape index (κ1) is 17.7. The molecule has 1 aliphatic carbocycles. The van der Waals surface area contributed by atoms with E-state index in [-0.39, 0.29) is 22.7 Å². The number of nitrogens with two attached hydrogens (primary N) is 1. The molecule has 0 spiro atoms. The molecule has 2 aromatic carbocycles. The van der Waals surface area contributed by atoms with Crippen molar-refractivity contribution in [3.63, 3.8) is 0 Å². The van der Waals surface area contributed by atoms with Gasteiger partial charge in [0, 0.05) is 34.6 Å². The number of benzene rings is 2. The zero-order chi connectivity index (χ0) is 19.2. The van der Waals surface area contributed by atoms with Crippen LogP contribution < -0.4 is 10.5 Å². The number of carbonyl (C=O) groups is 1. The van der Waals surface area contributed by atoms with E-state index in [1.54, 1.807) is 24.4 Å². The Labute approximate surface area is 155 Å². The molecule has 1 heterocycles. The van der Waals surface area contributed by atoms with E-state index in [0.717, 1.165) is 16.5 Å². The maximum atomic E-state index is 13.3. The standard InChI is InChI=1S/C19H18FN3O3S/c20-13-3-6-16-17(10-22-18(16)9-13)11-1-4-15(5-2-11)27(25,26)23-14-7-12(8-14)19(21)24/h1-6,9-10,12,14,22-23H,7-8H2,(H2,21,24). The van der Waals surface area contributed by atoms with Crippen LogP contribution in [0.15, 0.2) is 53.6 Å². The molecule has 4 N–H and O–H groups in total. The Morgan fingerprint density at radius 3 is 2.52 bits per heavy atom. The Hall–Kier alpha value is -2.71. The van der Waals surface area contributed by atoms with Crippen LogP contribution in [0.4, 0.5) is 4.39 Å². The number of sulfonamides is 1. The molecule has 0 unspecified atom stereocenters. The SMILES string of the molecule is NC(=O)C1CC(NS(=O)(=O)c2ccc(-c3c[nH]c4cc(F)ccc34)cc2)C1.